The monoisotopic (exact) mass is 235 g/mol. The molecule has 0 spiro atoms. The first-order valence-electron chi connectivity index (χ1n) is 5.18. The number of imidazole rings is 1. The molecule has 0 aliphatic carbocycles. The van der Waals surface area contributed by atoms with Crippen LogP contribution in [0.4, 0.5) is 0 Å². The molecule has 84 valence electrons. The molecule has 0 saturated carbocycles. The van der Waals surface area contributed by atoms with E-state index in [1.807, 2.05) is 35.9 Å². The van der Waals surface area contributed by atoms with Crippen molar-refractivity contribution in [2.45, 2.75) is 6.42 Å². The van der Waals surface area contributed by atoms with Crippen LogP contribution in [0.25, 0.3) is 11.3 Å². The third-order valence-electron chi connectivity index (χ3n) is 2.49. The molecule has 1 aromatic carbocycles. The average Bonchev–Trinajstić information content (AvgIpc) is 2.60. The maximum atomic E-state index is 5.99. The van der Waals surface area contributed by atoms with Crippen molar-refractivity contribution in [2.75, 3.05) is 6.54 Å². The van der Waals surface area contributed by atoms with Crippen molar-refractivity contribution in [3.05, 3.63) is 41.3 Å². The highest BCUT2D eigenvalue weighted by molar-refractivity contribution is 6.30. The number of aromatic nitrogens is 2. The molecule has 0 amide bonds. The molecule has 1 heterocycles. The minimum Gasteiger partial charge on any atom is -0.334 e. The summed E-state index contributed by atoms with van der Waals surface area (Å²) < 4.78 is 2.00. The summed E-state index contributed by atoms with van der Waals surface area (Å²) in [5.74, 6) is 0. The van der Waals surface area contributed by atoms with E-state index in [1.54, 1.807) is 6.33 Å². The maximum Gasteiger partial charge on any atom is 0.0951 e. The van der Waals surface area contributed by atoms with Gasteiger partial charge in [-0.3, -0.25) is 0 Å². The first kappa shape index (κ1) is 11.2. The lowest BCUT2D eigenvalue weighted by Crippen LogP contribution is -2.04. The molecule has 0 aliphatic heterocycles. The molecule has 0 unspecified atom stereocenters. The number of rotatable bonds is 3. The Morgan fingerprint density at radius 3 is 2.94 bits per heavy atom. The number of hydrogen-bond donors (Lipinski definition) is 1. The summed E-state index contributed by atoms with van der Waals surface area (Å²) >= 11 is 5.99. The second kappa shape index (κ2) is 4.68. The Bertz CT molecular complexity index is 491. The third-order valence-corrected chi connectivity index (χ3v) is 2.73. The fourth-order valence-electron chi connectivity index (χ4n) is 1.80. The van der Waals surface area contributed by atoms with Crippen molar-refractivity contribution in [1.29, 1.82) is 0 Å². The van der Waals surface area contributed by atoms with Gasteiger partial charge in [-0.05, 0) is 18.7 Å². The second-order valence-corrected chi connectivity index (χ2v) is 4.14. The van der Waals surface area contributed by atoms with Crippen LogP contribution in [0, 0.1) is 0 Å². The summed E-state index contributed by atoms with van der Waals surface area (Å²) in [6.07, 6.45) is 2.59. The van der Waals surface area contributed by atoms with Gasteiger partial charge in [-0.1, -0.05) is 23.7 Å². The van der Waals surface area contributed by atoms with E-state index in [9.17, 15) is 0 Å². The summed E-state index contributed by atoms with van der Waals surface area (Å²) in [5, 5.41) is 0.734. The molecule has 2 rings (SSSR count). The number of nitrogens with zero attached hydrogens (tertiary/aromatic N) is 2. The largest absolute Gasteiger partial charge is 0.334 e. The lowest BCUT2D eigenvalue weighted by Gasteiger charge is -2.06. The van der Waals surface area contributed by atoms with Crippen molar-refractivity contribution >= 4 is 11.6 Å². The lowest BCUT2D eigenvalue weighted by molar-refractivity contribution is 0.917. The second-order valence-electron chi connectivity index (χ2n) is 3.70. The smallest absolute Gasteiger partial charge is 0.0951 e. The van der Waals surface area contributed by atoms with Gasteiger partial charge in [-0.2, -0.15) is 0 Å². The molecule has 2 aromatic rings. The minimum atomic E-state index is 0.602. The van der Waals surface area contributed by atoms with Gasteiger partial charge in [0.25, 0.3) is 0 Å². The van der Waals surface area contributed by atoms with E-state index in [0.717, 1.165) is 28.4 Å². The summed E-state index contributed by atoms with van der Waals surface area (Å²) in [4.78, 5) is 4.35. The van der Waals surface area contributed by atoms with Crippen LogP contribution in [-0.2, 0) is 13.5 Å². The van der Waals surface area contributed by atoms with Gasteiger partial charge in [-0.15, -0.1) is 0 Å². The van der Waals surface area contributed by atoms with E-state index >= 15 is 0 Å². The molecule has 0 radical (unpaired) electrons. The molecular weight excluding hydrogens is 222 g/mol. The van der Waals surface area contributed by atoms with Gasteiger partial charge in [0.15, 0.2) is 0 Å². The normalized spacial score (nSPS) is 10.7. The summed E-state index contributed by atoms with van der Waals surface area (Å²) in [6.45, 7) is 0.602. The molecule has 0 aliphatic rings. The van der Waals surface area contributed by atoms with Crippen LogP contribution >= 0.6 is 11.6 Å². The van der Waals surface area contributed by atoms with E-state index in [2.05, 4.69) is 4.98 Å². The van der Waals surface area contributed by atoms with Crippen molar-refractivity contribution in [2.24, 2.45) is 12.8 Å². The Balaban J connectivity index is 2.50. The van der Waals surface area contributed by atoms with Gasteiger partial charge >= 0.3 is 0 Å². The zero-order chi connectivity index (χ0) is 11.5. The number of aryl methyl sites for hydroxylation is 1. The zero-order valence-electron chi connectivity index (χ0n) is 9.15. The number of halogens is 1. The van der Waals surface area contributed by atoms with Crippen LogP contribution in [0.15, 0.2) is 30.6 Å². The van der Waals surface area contributed by atoms with Crippen LogP contribution in [-0.4, -0.2) is 16.1 Å². The van der Waals surface area contributed by atoms with E-state index in [4.69, 9.17) is 17.3 Å². The lowest BCUT2D eigenvalue weighted by atomic mass is 10.1. The molecule has 0 fully saturated rings. The zero-order valence-corrected chi connectivity index (χ0v) is 9.91. The summed E-state index contributed by atoms with van der Waals surface area (Å²) in [5.41, 5.74) is 8.76. The Kier molecular flexibility index (Phi) is 3.27. The van der Waals surface area contributed by atoms with Crippen LogP contribution in [0.3, 0.4) is 0 Å². The highest BCUT2D eigenvalue weighted by atomic mass is 35.5. The highest BCUT2D eigenvalue weighted by Gasteiger charge is 2.10. The topological polar surface area (TPSA) is 43.8 Å². The van der Waals surface area contributed by atoms with Gasteiger partial charge in [0.1, 0.15) is 0 Å². The molecule has 2 N–H and O–H groups in total. The van der Waals surface area contributed by atoms with Crippen molar-refractivity contribution in [3.63, 3.8) is 0 Å². The van der Waals surface area contributed by atoms with Gasteiger partial charge in [-0.25, -0.2) is 4.98 Å². The summed E-state index contributed by atoms with van der Waals surface area (Å²) in [6, 6.07) is 7.78. The van der Waals surface area contributed by atoms with Crippen molar-refractivity contribution in [3.8, 4) is 11.3 Å². The molecule has 1 aromatic heterocycles. The van der Waals surface area contributed by atoms with E-state index < -0.39 is 0 Å². The third kappa shape index (κ3) is 2.10. The van der Waals surface area contributed by atoms with E-state index in [-0.39, 0.29) is 0 Å². The molecule has 0 atom stereocenters. The van der Waals surface area contributed by atoms with Gasteiger partial charge in [0.2, 0.25) is 0 Å². The Morgan fingerprint density at radius 2 is 2.25 bits per heavy atom. The molecule has 0 bridgehead atoms. The van der Waals surface area contributed by atoms with E-state index in [1.165, 1.54) is 0 Å². The predicted octanol–water partition coefficient (Wildman–Crippen LogP) is 2.24. The molecule has 0 saturated heterocycles. The van der Waals surface area contributed by atoms with E-state index in [0.29, 0.717) is 6.54 Å². The maximum absolute atomic E-state index is 5.99. The van der Waals surface area contributed by atoms with Gasteiger partial charge in [0.05, 0.1) is 17.7 Å². The predicted molar refractivity (Wildman–Crippen MR) is 66.4 cm³/mol. The standard InChI is InChI=1S/C12H14ClN3/c1-16-8-15-11(5-6-14)12(16)9-3-2-4-10(13)7-9/h2-4,7-8H,5-6,14H2,1H3. The van der Waals surface area contributed by atoms with Crippen LogP contribution < -0.4 is 5.73 Å². The quantitative estimate of drug-likeness (QED) is 0.887. The number of benzene rings is 1. The van der Waals surface area contributed by atoms with Crippen LogP contribution in [0.5, 0.6) is 0 Å². The summed E-state index contributed by atoms with van der Waals surface area (Å²) in [7, 11) is 1.98. The first-order chi connectivity index (χ1) is 7.72. The fraction of sp³-hybridized carbons (Fsp3) is 0.250. The van der Waals surface area contributed by atoms with Gasteiger partial charge < -0.3 is 10.3 Å². The molecular formula is C12H14ClN3. The Hall–Kier alpha value is -1.32. The fourth-order valence-corrected chi connectivity index (χ4v) is 1.99. The minimum absolute atomic E-state index is 0.602. The average molecular weight is 236 g/mol. The Morgan fingerprint density at radius 1 is 1.44 bits per heavy atom. The molecule has 3 nitrogen and oxygen atoms in total. The van der Waals surface area contributed by atoms with Gasteiger partial charge in [0, 0.05) is 24.1 Å². The SMILES string of the molecule is Cn1cnc(CCN)c1-c1cccc(Cl)c1. The van der Waals surface area contributed by atoms with Crippen LogP contribution in [0.2, 0.25) is 5.02 Å². The first-order valence-corrected chi connectivity index (χ1v) is 5.56. The Labute approximate surface area is 99.9 Å². The molecule has 16 heavy (non-hydrogen) atoms. The van der Waals surface area contributed by atoms with Crippen LogP contribution in [0.1, 0.15) is 5.69 Å². The van der Waals surface area contributed by atoms with Crippen molar-refractivity contribution in [1.82, 2.24) is 9.55 Å². The highest BCUT2D eigenvalue weighted by Crippen LogP contribution is 2.25. The van der Waals surface area contributed by atoms with Crippen molar-refractivity contribution < 1.29 is 0 Å². The number of hydrogen-bond acceptors (Lipinski definition) is 2. The number of nitrogens with two attached hydrogens (primary N) is 1. The molecule has 4 heteroatoms.